The zero-order chi connectivity index (χ0) is 37.8. The standard InChI is InChI=1S/C39H66NO10P/c1-3-5-7-9-11-13-15-17-19-20-22-24-26-28-30-37(41)47-32-35(33-48-51(45,46)49-34-36(40)39(43)44)50-38(42)31-29-27-25-23-21-18-16-14-12-10-8-6-4-2/h6,8,12,14-15,17-18,21,25,27,35-36H,3-5,7,9-11,13,16,19-20,22-24,26,28-34,40H2,1-2H3,(H,43,44)(H,45,46)/b8-6-,14-12-,17-15-,21-18-,27-25-. The van der Waals surface area contributed by atoms with Crippen LogP contribution >= 0.6 is 7.82 Å². The van der Waals surface area contributed by atoms with E-state index < -0.39 is 51.1 Å². The molecule has 0 bridgehead atoms. The molecule has 0 saturated carbocycles. The number of nitrogens with two attached hydrogens (primary N) is 1. The lowest BCUT2D eigenvalue weighted by Crippen LogP contribution is -2.34. The molecule has 0 aliphatic rings. The van der Waals surface area contributed by atoms with Crippen LogP contribution < -0.4 is 5.73 Å². The van der Waals surface area contributed by atoms with Crippen LogP contribution in [-0.2, 0) is 37.5 Å². The third-order valence-electron chi connectivity index (χ3n) is 7.51. The zero-order valence-corrected chi connectivity index (χ0v) is 32.1. The van der Waals surface area contributed by atoms with E-state index in [4.69, 9.17) is 24.8 Å². The Labute approximate surface area is 307 Å². The van der Waals surface area contributed by atoms with Gasteiger partial charge < -0.3 is 25.2 Å². The third-order valence-corrected chi connectivity index (χ3v) is 8.46. The van der Waals surface area contributed by atoms with Crippen molar-refractivity contribution >= 4 is 25.7 Å². The number of carbonyl (C=O) groups is 3. The predicted octanol–water partition coefficient (Wildman–Crippen LogP) is 9.22. The number of carboxylic acids is 1. The largest absolute Gasteiger partial charge is 0.480 e. The van der Waals surface area contributed by atoms with Crippen molar-refractivity contribution in [3.05, 3.63) is 60.8 Å². The van der Waals surface area contributed by atoms with Gasteiger partial charge in [0.15, 0.2) is 6.10 Å². The molecule has 0 spiro atoms. The van der Waals surface area contributed by atoms with Crippen LogP contribution in [-0.4, -0.2) is 59.9 Å². The number of hydrogen-bond donors (Lipinski definition) is 3. The van der Waals surface area contributed by atoms with Gasteiger partial charge >= 0.3 is 25.7 Å². The zero-order valence-electron chi connectivity index (χ0n) is 31.2. The van der Waals surface area contributed by atoms with Gasteiger partial charge in [-0.05, 0) is 64.2 Å². The summed E-state index contributed by atoms with van der Waals surface area (Å²) in [6.45, 7) is 2.56. The van der Waals surface area contributed by atoms with Crippen LogP contribution in [0.5, 0.6) is 0 Å². The fourth-order valence-corrected chi connectivity index (χ4v) is 5.32. The summed E-state index contributed by atoms with van der Waals surface area (Å²) >= 11 is 0. The minimum Gasteiger partial charge on any atom is -0.480 e. The van der Waals surface area contributed by atoms with Gasteiger partial charge in [-0.25, -0.2) is 4.57 Å². The lowest BCUT2D eigenvalue weighted by molar-refractivity contribution is -0.161. The second-order valence-corrected chi connectivity index (χ2v) is 13.8. The molecule has 0 aliphatic carbocycles. The molecule has 0 fully saturated rings. The third kappa shape index (κ3) is 34.1. The second-order valence-electron chi connectivity index (χ2n) is 12.3. The van der Waals surface area contributed by atoms with Gasteiger partial charge in [-0.3, -0.25) is 23.4 Å². The summed E-state index contributed by atoms with van der Waals surface area (Å²) in [5.74, 6) is -2.50. The van der Waals surface area contributed by atoms with E-state index in [1.807, 2.05) is 18.2 Å². The van der Waals surface area contributed by atoms with Crippen LogP contribution in [0.1, 0.15) is 136 Å². The van der Waals surface area contributed by atoms with Gasteiger partial charge in [0.2, 0.25) is 0 Å². The van der Waals surface area contributed by atoms with Crippen molar-refractivity contribution in [3.63, 3.8) is 0 Å². The van der Waals surface area contributed by atoms with E-state index in [2.05, 4.69) is 60.9 Å². The summed E-state index contributed by atoms with van der Waals surface area (Å²) < 4.78 is 32.4. The minimum atomic E-state index is -4.73. The predicted molar refractivity (Wildman–Crippen MR) is 203 cm³/mol. The fourth-order valence-electron chi connectivity index (χ4n) is 4.54. The van der Waals surface area contributed by atoms with Gasteiger partial charge in [-0.1, -0.05) is 120 Å². The normalized spacial score (nSPS) is 14.6. The first-order valence-electron chi connectivity index (χ1n) is 18.8. The highest BCUT2D eigenvalue weighted by atomic mass is 31.2. The fraction of sp³-hybridized carbons (Fsp3) is 0.667. The summed E-state index contributed by atoms with van der Waals surface area (Å²) in [5, 5.41) is 8.85. The van der Waals surface area contributed by atoms with Crippen molar-refractivity contribution in [2.45, 2.75) is 148 Å². The van der Waals surface area contributed by atoms with Crippen LogP contribution in [0.15, 0.2) is 60.8 Å². The van der Waals surface area contributed by atoms with Crippen LogP contribution in [0, 0.1) is 0 Å². The maximum absolute atomic E-state index is 12.5. The summed E-state index contributed by atoms with van der Waals surface area (Å²) in [5.41, 5.74) is 5.31. The maximum atomic E-state index is 12.5. The summed E-state index contributed by atoms with van der Waals surface area (Å²) in [6, 6.07) is -1.53. The van der Waals surface area contributed by atoms with Crippen LogP contribution in [0.3, 0.4) is 0 Å². The number of carbonyl (C=O) groups excluding carboxylic acids is 2. The molecule has 3 unspecified atom stereocenters. The molecule has 0 heterocycles. The van der Waals surface area contributed by atoms with Crippen molar-refractivity contribution in [2.75, 3.05) is 19.8 Å². The number of unbranched alkanes of at least 4 members (excludes halogenated alkanes) is 10. The molecule has 0 aromatic rings. The molecule has 0 amide bonds. The van der Waals surface area contributed by atoms with Crippen LogP contribution in [0.25, 0.3) is 0 Å². The molecule has 292 valence electrons. The van der Waals surface area contributed by atoms with Gasteiger partial charge in [0.1, 0.15) is 12.6 Å². The molecule has 0 aromatic heterocycles. The Balaban J connectivity index is 4.57. The Bertz CT molecular complexity index is 1100. The van der Waals surface area contributed by atoms with Crippen molar-refractivity contribution in [1.82, 2.24) is 0 Å². The number of ether oxygens (including phenoxy) is 2. The molecule has 3 atom stereocenters. The number of esters is 2. The van der Waals surface area contributed by atoms with Gasteiger partial charge in [0.05, 0.1) is 13.2 Å². The average molecular weight is 740 g/mol. The number of rotatable bonds is 34. The molecule has 51 heavy (non-hydrogen) atoms. The van der Waals surface area contributed by atoms with Crippen molar-refractivity contribution < 1.29 is 47.5 Å². The molecule has 0 saturated heterocycles. The Kier molecular flexibility index (Phi) is 32.4. The quantitative estimate of drug-likeness (QED) is 0.0249. The first-order valence-corrected chi connectivity index (χ1v) is 20.3. The summed E-state index contributed by atoms with van der Waals surface area (Å²) in [6.07, 6.45) is 37.4. The monoisotopic (exact) mass is 739 g/mol. The van der Waals surface area contributed by atoms with Crippen LogP contribution in [0.4, 0.5) is 0 Å². The SMILES string of the molecule is CC/C=C\C/C=C\C/C=C\C/C=C\CCC(=O)OC(COC(=O)CCCCCCC/C=C\CCCCCCC)COP(=O)(O)OCC(N)C(=O)O. The molecule has 0 aliphatic heterocycles. The molecular formula is C39H66NO10P. The van der Waals surface area contributed by atoms with E-state index in [-0.39, 0.29) is 19.4 Å². The molecule has 4 N–H and O–H groups in total. The lowest BCUT2D eigenvalue weighted by atomic mass is 10.1. The molecule has 0 aromatic carbocycles. The Morgan fingerprint density at radius 1 is 0.627 bits per heavy atom. The number of carboxylic acid groups (broad SMARTS) is 1. The number of hydrogen-bond acceptors (Lipinski definition) is 9. The van der Waals surface area contributed by atoms with E-state index in [1.54, 1.807) is 0 Å². The lowest BCUT2D eigenvalue weighted by Gasteiger charge is -2.20. The van der Waals surface area contributed by atoms with Gasteiger partial charge in [-0.2, -0.15) is 0 Å². The first-order chi connectivity index (χ1) is 24.6. The molecule has 0 radical (unpaired) electrons. The Morgan fingerprint density at radius 2 is 1.14 bits per heavy atom. The van der Waals surface area contributed by atoms with E-state index in [0.29, 0.717) is 12.8 Å². The number of phosphoric ester groups is 1. The average Bonchev–Trinajstić information content (AvgIpc) is 3.10. The van der Waals surface area contributed by atoms with Crippen molar-refractivity contribution in [3.8, 4) is 0 Å². The smallest absolute Gasteiger partial charge is 0.472 e. The maximum Gasteiger partial charge on any atom is 0.472 e. The van der Waals surface area contributed by atoms with Crippen molar-refractivity contribution in [1.29, 1.82) is 0 Å². The van der Waals surface area contributed by atoms with Gasteiger partial charge in [0, 0.05) is 12.8 Å². The summed E-state index contributed by atoms with van der Waals surface area (Å²) in [4.78, 5) is 45.7. The Morgan fingerprint density at radius 3 is 1.73 bits per heavy atom. The molecule has 12 heteroatoms. The molecular weight excluding hydrogens is 673 g/mol. The van der Waals surface area contributed by atoms with E-state index in [0.717, 1.165) is 64.2 Å². The van der Waals surface area contributed by atoms with E-state index in [1.165, 1.54) is 32.1 Å². The topological polar surface area (TPSA) is 172 Å². The minimum absolute atomic E-state index is 0.0360. The number of phosphoric acid groups is 1. The molecule has 0 rings (SSSR count). The van der Waals surface area contributed by atoms with Crippen LogP contribution in [0.2, 0.25) is 0 Å². The summed E-state index contributed by atoms with van der Waals surface area (Å²) in [7, 11) is -4.73. The first kappa shape index (κ1) is 48.2. The van der Waals surface area contributed by atoms with E-state index >= 15 is 0 Å². The highest BCUT2D eigenvalue weighted by Crippen LogP contribution is 2.43. The molecule has 11 nitrogen and oxygen atoms in total. The number of aliphatic carboxylic acids is 1. The second kappa shape index (κ2) is 34.3. The van der Waals surface area contributed by atoms with Crippen molar-refractivity contribution in [2.24, 2.45) is 5.73 Å². The highest BCUT2D eigenvalue weighted by molar-refractivity contribution is 7.47. The van der Waals surface area contributed by atoms with E-state index in [9.17, 15) is 23.8 Å². The highest BCUT2D eigenvalue weighted by Gasteiger charge is 2.28. The number of allylic oxidation sites excluding steroid dienone is 10. The van der Waals surface area contributed by atoms with Gasteiger partial charge in [0.25, 0.3) is 0 Å². The Hall–Kier alpha value is -2.82. The van der Waals surface area contributed by atoms with Gasteiger partial charge in [-0.15, -0.1) is 0 Å².